The average Bonchev–Trinajstić information content (AvgIpc) is 3.14. The van der Waals surface area contributed by atoms with Crippen LogP contribution in [0.3, 0.4) is 0 Å². The number of hydrogen-bond acceptors (Lipinski definition) is 5. The number of nitrogens with one attached hydrogen (secondary N) is 2. The molecule has 25 heavy (non-hydrogen) atoms. The smallest absolute Gasteiger partial charge is 0.251 e. The second-order valence-corrected chi connectivity index (χ2v) is 6.36. The molecule has 0 spiro atoms. The number of aryl methyl sites for hydroxylation is 2. The van der Waals surface area contributed by atoms with E-state index >= 15 is 0 Å². The molecule has 6 nitrogen and oxygen atoms in total. The molecule has 3 rings (SSSR count). The zero-order chi connectivity index (χ0) is 17.6. The van der Waals surface area contributed by atoms with E-state index in [1.807, 2.05) is 38.1 Å². The Morgan fingerprint density at radius 1 is 1.36 bits per heavy atom. The predicted molar refractivity (Wildman–Crippen MR) is 96.6 cm³/mol. The van der Waals surface area contributed by atoms with Crippen LogP contribution in [0.1, 0.15) is 40.0 Å². The molecule has 1 aromatic heterocycles. The van der Waals surface area contributed by atoms with Gasteiger partial charge in [0.15, 0.2) is 0 Å². The van der Waals surface area contributed by atoms with Crippen LogP contribution in [-0.2, 0) is 11.3 Å². The number of benzene rings is 1. The molecule has 1 atom stereocenters. The normalized spacial score (nSPS) is 16.6. The van der Waals surface area contributed by atoms with E-state index < -0.39 is 0 Å². The molecule has 2 N–H and O–H groups in total. The highest BCUT2D eigenvalue weighted by Gasteiger charge is 2.16. The van der Waals surface area contributed by atoms with Crippen LogP contribution in [0.5, 0.6) is 0 Å². The molecule has 0 radical (unpaired) electrons. The minimum Gasteiger partial charge on any atom is -0.376 e. The molecule has 132 valence electrons. The largest absolute Gasteiger partial charge is 0.376 e. The van der Waals surface area contributed by atoms with Crippen LogP contribution in [0.15, 0.2) is 30.5 Å². The van der Waals surface area contributed by atoms with Gasteiger partial charge < -0.3 is 15.4 Å². The van der Waals surface area contributed by atoms with Crippen molar-refractivity contribution in [2.75, 3.05) is 18.5 Å². The summed E-state index contributed by atoms with van der Waals surface area (Å²) in [6.07, 6.45) is 4.04. The van der Waals surface area contributed by atoms with Gasteiger partial charge in [-0.1, -0.05) is 12.1 Å². The highest BCUT2D eigenvalue weighted by molar-refractivity contribution is 5.94. The Labute approximate surface area is 148 Å². The molecule has 6 heteroatoms. The van der Waals surface area contributed by atoms with E-state index in [0.717, 1.165) is 36.3 Å². The first-order valence-corrected chi connectivity index (χ1v) is 8.64. The van der Waals surface area contributed by atoms with Crippen LogP contribution >= 0.6 is 0 Å². The zero-order valence-corrected chi connectivity index (χ0v) is 14.7. The highest BCUT2D eigenvalue weighted by atomic mass is 16.5. The Kier molecular flexibility index (Phi) is 5.60. The number of ether oxygens (including phenoxy) is 1. The molecule has 1 fully saturated rings. The maximum absolute atomic E-state index is 12.3. The molecule has 2 heterocycles. The van der Waals surface area contributed by atoms with Crippen LogP contribution in [0.2, 0.25) is 0 Å². The lowest BCUT2D eigenvalue weighted by atomic mass is 10.1. The number of nitrogens with zero attached hydrogens (tertiary/aromatic N) is 2. The van der Waals surface area contributed by atoms with Crippen LogP contribution < -0.4 is 10.6 Å². The lowest BCUT2D eigenvalue weighted by Gasteiger charge is -2.11. The monoisotopic (exact) mass is 340 g/mol. The quantitative estimate of drug-likeness (QED) is 0.845. The van der Waals surface area contributed by atoms with Gasteiger partial charge in [0, 0.05) is 37.2 Å². The van der Waals surface area contributed by atoms with Gasteiger partial charge in [0.25, 0.3) is 5.91 Å². The summed E-state index contributed by atoms with van der Waals surface area (Å²) in [5.41, 5.74) is 3.68. The molecule has 0 aliphatic carbocycles. The fourth-order valence-corrected chi connectivity index (χ4v) is 2.73. The molecule has 0 bridgehead atoms. The fraction of sp³-hybridized carbons (Fsp3) is 0.421. The number of carbonyl (C=O) groups excluding carboxylic acids is 1. The molecule has 0 unspecified atom stereocenters. The van der Waals surface area contributed by atoms with E-state index in [9.17, 15) is 4.79 Å². The second-order valence-electron chi connectivity index (χ2n) is 6.36. The van der Waals surface area contributed by atoms with Gasteiger partial charge in [0.05, 0.1) is 6.10 Å². The van der Waals surface area contributed by atoms with E-state index in [0.29, 0.717) is 24.6 Å². The van der Waals surface area contributed by atoms with Gasteiger partial charge in [-0.25, -0.2) is 9.97 Å². The van der Waals surface area contributed by atoms with Crippen LogP contribution in [-0.4, -0.2) is 35.1 Å². The minimum absolute atomic E-state index is 0.0696. The summed E-state index contributed by atoms with van der Waals surface area (Å²) in [6, 6.07) is 7.57. The number of hydrogen-bond donors (Lipinski definition) is 2. The van der Waals surface area contributed by atoms with Crippen molar-refractivity contribution in [3.05, 3.63) is 52.8 Å². The van der Waals surface area contributed by atoms with E-state index in [-0.39, 0.29) is 12.0 Å². The highest BCUT2D eigenvalue weighted by Crippen LogP contribution is 2.12. The SMILES string of the molecule is Cc1cnc(NCc2cccc(C(=O)NC[C@H]3CCCO3)c2)nc1C. The summed E-state index contributed by atoms with van der Waals surface area (Å²) >= 11 is 0. The van der Waals surface area contributed by atoms with Crippen molar-refractivity contribution in [3.8, 4) is 0 Å². The third-order valence-corrected chi connectivity index (χ3v) is 4.38. The number of anilines is 1. The van der Waals surface area contributed by atoms with E-state index in [2.05, 4.69) is 20.6 Å². The topological polar surface area (TPSA) is 76.1 Å². The van der Waals surface area contributed by atoms with Gasteiger partial charge in [-0.2, -0.15) is 0 Å². The molecule has 1 aliphatic heterocycles. The third-order valence-electron chi connectivity index (χ3n) is 4.38. The van der Waals surface area contributed by atoms with Gasteiger partial charge in [-0.3, -0.25) is 4.79 Å². The number of rotatable bonds is 6. The second kappa shape index (κ2) is 8.07. The molecule has 0 saturated carbocycles. The molecule has 1 amide bonds. The van der Waals surface area contributed by atoms with Crippen molar-refractivity contribution in [1.29, 1.82) is 0 Å². The van der Waals surface area contributed by atoms with E-state index in [1.54, 1.807) is 6.20 Å². The van der Waals surface area contributed by atoms with Crippen molar-refractivity contribution in [2.45, 2.75) is 39.3 Å². The van der Waals surface area contributed by atoms with Gasteiger partial charge >= 0.3 is 0 Å². The first-order valence-electron chi connectivity index (χ1n) is 8.64. The average molecular weight is 340 g/mol. The van der Waals surface area contributed by atoms with Crippen molar-refractivity contribution in [3.63, 3.8) is 0 Å². The van der Waals surface area contributed by atoms with Crippen LogP contribution in [0, 0.1) is 13.8 Å². The molecule has 1 aromatic carbocycles. The van der Waals surface area contributed by atoms with Crippen LogP contribution in [0.25, 0.3) is 0 Å². The predicted octanol–water partition coefficient (Wildman–Crippen LogP) is 2.61. The van der Waals surface area contributed by atoms with E-state index in [4.69, 9.17) is 4.74 Å². The molecule has 1 aliphatic rings. The van der Waals surface area contributed by atoms with Gasteiger partial charge in [0.2, 0.25) is 5.95 Å². The van der Waals surface area contributed by atoms with E-state index in [1.165, 1.54) is 0 Å². The maximum atomic E-state index is 12.3. The van der Waals surface area contributed by atoms with Crippen LogP contribution in [0.4, 0.5) is 5.95 Å². The summed E-state index contributed by atoms with van der Waals surface area (Å²) < 4.78 is 5.53. The first kappa shape index (κ1) is 17.4. The summed E-state index contributed by atoms with van der Waals surface area (Å²) in [5, 5.41) is 6.14. The summed E-state index contributed by atoms with van der Waals surface area (Å²) in [5.74, 6) is 0.524. The molecule has 1 saturated heterocycles. The Morgan fingerprint density at radius 2 is 2.24 bits per heavy atom. The summed E-state index contributed by atoms with van der Waals surface area (Å²) in [6.45, 7) is 5.87. The van der Waals surface area contributed by atoms with Gasteiger partial charge in [-0.15, -0.1) is 0 Å². The molecular formula is C19H24N4O2. The van der Waals surface area contributed by atoms with Gasteiger partial charge in [0.1, 0.15) is 0 Å². The Morgan fingerprint density at radius 3 is 3.00 bits per heavy atom. The Hall–Kier alpha value is -2.47. The van der Waals surface area contributed by atoms with Crippen molar-refractivity contribution in [1.82, 2.24) is 15.3 Å². The lowest BCUT2D eigenvalue weighted by Crippen LogP contribution is -2.31. The standard InChI is InChI=1S/C19H24N4O2/c1-13-10-21-19(23-14(13)2)22-11-15-5-3-6-16(9-15)18(24)20-12-17-7-4-8-25-17/h3,5-6,9-10,17H,4,7-8,11-12H2,1-2H3,(H,20,24)(H,21,22,23)/t17-/m1/s1. The minimum atomic E-state index is -0.0696. The van der Waals surface area contributed by atoms with Gasteiger partial charge in [-0.05, 0) is 49.9 Å². The van der Waals surface area contributed by atoms with Crippen molar-refractivity contribution >= 4 is 11.9 Å². The fourth-order valence-electron chi connectivity index (χ4n) is 2.73. The number of aromatic nitrogens is 2. The lowest BCUT2D eigenvalue weighted by molar-refractivity contribution is 0.0857. The first-order chi connectivity index (χ1) is 12.1. The third kappa shape index (κ3) is 4.76. The maximum Gasteiger partial charge on any atom is 0.251 e. The Bertz CT molecular complexity index is 742. The summed E-state index contributed by atoms with van der Waals surface area (Å²) in [4.78, 5) is 21.0. The zero-order valence-electron chi connectivity index (χ0n) is 14.7. The molecule has 2 aromatic rings. The number of carbonyl (C=O) groups is 1. The van der Waals surface area contributed by atoms with Crippen molar-refractivity contribution in [2.24, 2.45) is 0 Å². The summed E-state index contributed by atoms with van der Waals surface area (Å²) in [7, 11) is 0. The molecular weight excluding hydrogens is 316 g/mol. The Balaban J connectivity index is 1.56. The number of amides is 1. The van der Waals surface area contributed by atoms with Crippen molar-refractivity contribution < 1.29 is 9.53 Å².